The van der Waals surface area contributed by atoms with Crippen LogP contribution >= 0.6 is 0 Å². The van der Waals surface area contributed by atoms with Crippen LogP contribution in [0.5, 0.6) is 0 Å². The van der Waals surface area contributed by atoms with Crippen molar-refractivity contribution in [2.45, 2.75) is 6.54 Å². The number of carbonyl (C=O) groups excluding carboxylic acids is 2. The van der Waals surface area contributed by atoms with Gasteiger partial charge < -0.3 is 15.7 Å². The Balaban J connectivity index is 1.97. The van der Waals surface area contributed by atoms with E-state index in [2.05, 4.69) is 10.6 Å². The molecule has 0 atom stereocenters. The summed E-state index contributed by atoms with van der Waals surface area (Å²) in [6.07, 6.45) is 0. The quantitative estimate of drug-likeness (QED) is 0.698. The first-order chi connectivity index (χ1) is 8.18. The third kappa shape index (κ3) is 2.44. The SMILES string of the molecule is O=C1NCC(C(=O)NCc2ccccc2)=C1O. The second kappa shape index (κ2) is 4.69. The molecule has 0 fully saturated rings. The molecular weight excluding hydrogens is 220 g/mol. The molecule has 5 nitrogen and oxygen atoms in total. The molecule has 0 spiro atoms. The van der Waals surface area contributed by atoms with E-state index in [9.17, 15) is 14.7 Å². The lowest BCUT2D eigenvalue weighted by Gasteiger charge is -2.05. The zero-order chi connectivity index (χ0) is 12.3. The van der Waals surface area contributed by atoms with Crippen molar-refractivity contribution in [1.29, 1.82) is 0 Å². The van der Waals surface area contributed by atoms with Crippen molar-refractivity contribution >= 4 is 11.8 Å². The van der Waals surface area contributed by atoms with Gasteiger partial charge in [0, 0.05) is 6.54 Å². The number of aliphatic hydroxyl groups is 1. The first-order valence-corrected chi connectivity index (χ1v) is 5.21. The molecule has 1 aromatic rings. The van der Waals surface area contributed by atoms with E-state index < -0.39 is 17.6 Å². The lowest BCUT2D eigenvalue weighted by Crippen LogP contribution is -2.27. The van der Waals surface area contributed by atoms with Crippen LogP contribution in [0.15, 0.2) is 41.7 Å². The van der Waals surface area contributed by atoms with Crippen LogP contribution < -0.4 is 10.6 Å². The fourth-order valence-electron chi connectivity index (χ4n) is 1.55. The minimum absolute atomic E-state index is 0.0747. The molecule has 1 aliphatic heterocycles. The van der Waals surface area contributed by atoms with E-state index in [1.54, 1.807) is 0 Å². The molecule has 1 heterocycles. The van der Waals surface area contributed by atoms with Gasteiger partial charge in [0.2, 0.25) is 0 Å². The van der Waals surface area contributed by atoms with E-state index in [-0.39, 0.29) is 12.1 Å². The first kappa shape index (κ1) is 11.2. The van der Waals surface area contributed by atoms with Gasteiger partial charge in [-0.15, -0.1) is 0 Å². The van der Waals surface area contributed by atoms with Gasteiger partial charge >= 0.3 is 0 Å². The van der Waals surface area contributed by atoms with Crippen molar-refractivity contribution in [3.8, 4) is 0 Å². The summed E-state index contributed by atoms with van der Waals surface area (Å²) in [5.41, 5.74) is 1.05. The summed E-state index contributed by atoms with van der Waals surface area (Å²) in [6, 6.07) is 9.40. The molecule has 88 valence electrons. The minimum Gasteiger partial charge on any atom is -0.503 e. The molecule has 2 amide bonds. The van der Waals surface area contributed by atoms with Crippen LogP contribution in [0.2, 0.25) is 0 Å². The highest BCUT2D eigenvalue weighted by Crippen LogP contribution is 2.08. The highest BCUT2D eigenvalue weighted by molar-refractivity contribution is 6.06. The normalized spacial score (nSPS) is 14.7. The van der Waals surface area contributed by atoms with Gasteiger partial charge in [0.1, 0.15) is 0 Å². The van der Waals surface area contributed by atoms with Crippen molar-refractivity contribution in [1.82, 2.24) is 10.6 Å². The van der Waals surface area contributed by atoms with Gasteiger partial charge in [-0.25, -0.2) is 0 Å². The molecule has 3 N–H and O–H groups in total. The number of aliphatic hydroxyl groups excluding tert-OH is 1. The van der Waals surface area contributed by atoms with Crippen LogP contribution in [-0.4, -0.2) is 23.5 Å². The van der Waals surface area contributed by atoms with Crippen molar-refractivity contribution in [2.75, 3.05) is 6.54 Å². The molecule has 0 aliphatic carbocycles. The third-order valence-electron chi connectivity index (χ3n) is 2.50. The van der Waals surface area contributed by atoms with Gasteiger partial charge in [0.25, 0.3) is 11.8 Å². The predicted octanol–water partition coefficient (Wildman–Crippen LogP) is 0.245. The fraction of sp³-hybridized carbons (Fsp3) is 0.167. The maximum atomic E-state index is 11.7. The zero-order valence-corrected chi connectivity index (χ0v) is 9.06. The highest BCUT2D eigenvalue weighted by atomic mass is 16.3. The molecule has 1 aliphatic rings. The highest BCUT2D eigenvalue weighted by Gasteiger charge is 2.26. The molecule has 0 bridgehead atoms. The summed E-state index contributed by atoms with van der Waals surface area (Å²) in [7, 11) is 0. The Morgan fingerprint density at radius 2 is 2.06 bits per heavy atom. The van der Waals surface area contributed by atoms with Gasteiger partial charge in [0.05, 0.1) is 12.1 Å². The summed E-state index contributed by atoms with van der Waals surface area (Å²) in [5, 5.41) is 14.3. The largest absolute Gasteiger partial charge is 0.503 e. The summed E-state index contributed by atoms with van der Waals surface area (Å²) in [5.74, 6) is -1.52. The molecule has 0 aromatic heterocycles. The molecule has 5 heteroatoms. The van der Waals surface area contributed by atoms with Crippen LogP contribution in [0.3, 0.4) is 0 Å². The van der Waals surface area contributed by atoms with Crippen LogP contribution in [0.1, 0.15) is 5.56 Å². The molecule has 0 radical (unpaired) electrons. The maximum absolute atomic E-state index is 11.7. The second-order valence-electron chi connectivity index (χ2n) is 3.68. The Labute approximate surface area is 98.1 Å². The number of hydrogen-bond acceptors (Lipinski definition) is 3. The van der Waals surface area contributed by atoms with E-state index in [0.29, 0.717) is 6.54 Å². The second-order valence-corrected chi connectivity index (χ2v) is 3.68. The Kier molecular flexibility index (Phi) is 3.09. The number of nitrogens with one attached hydrogen (secondary N) is 2. The Morgan fingerprint density at radius 1 is 1.35 bits per heavy atom. The molecule has 2 rings (SSSR count). The predicted molar refractivity (Wildman–Crippen MR) is 61.0 cm³/mol. The Hall–Kier alpha value is -2.30. The Morgan fingerprint density at radius 3 is 2.65 bits per heavy atom. The van der Waals surface area contributed by atoms with E-state index >= 15 is 0 Å². The summed E-state index contributed by atoms with van der Waals surface area (Å²) in [6.45, 7) is 0.440. The van der Waals surface area contributed by atoms with Gasteiger partial charge in [-0.2, -0.15) is 0 Å². The number of amides is 2. The van der Waals surface area contributed by atoms with E-state index in [4.69, 9.17) is 0 Å². The Bertz CT molecular complexity index is 480. The lowest BCUT2D eigenvalue weighted by molar-refractivity contribution is -0.120. The smallest absolute Gasteiger partial charge is 0.286 e. The summed E-state index contributed by atoms with van der Waals surface area (Å²) < 4.78 is 0. The average Bonchev–Trinajstić information content (AvgIpc) is 2.69. The molecule has 0 saturated carbocycles. The van der Waals surface area contributed by atoms with Crippen molar-refractivity contribution in [2.24, 2.45) is 0 Å². The number of benzene rings is 1. The van der Waals surface area contributed by atoms with Crippen molar-refractivity contribution in [3.05, 3.63) is 47.2 Å². The molecule has 0 saturated heterocycles. The van der Waals surface area contributed by atoms with Crippen LogP contribution in [0.25, 0.3) is 0 Å². The summed E-state index contributed by atoms with van der Waals surface area (Å²) in [4.78, 5) is 22.6. The third-order valence-corrected chi connectivity index (χ3v) is 2.50. The van der Waals surface area contributed by atoms with E-state index in [1.807, 2.05) is 30.3 Å². The van der Waals surface area contributed by atoms with Gasteiger partial charge in [-0.05, 0) is 5.56 Å². The summed E-state index contributed by atoms with van der Waals surface area (Å²) >= 11 is 0. The van der Waals surface area contributed by atoms with Gasteiger partial charge in [-0.1, -0.05) is 30.3 Å². The topological polar surface area (TPSA) is 78.4 Å². The number of rotatable bonds is 3. The number of hydrogen-bond donors (Lipinski definition) is 3. The maximum Gasteiger partial charge on any atom is 0.286 e. The van der Waals surface area contributed by atoms with Crippen LogP contribution in [-0.2, 0) is 16.1 Å². The van der Waals surface area contributed by atoms with Gasteiger partial charge in [-0.3, -0.25) is 9.59 Å². The van der Waals surface area contributed by atoms with Crippen LogP contribution in [0, 0.1) is 0 Å². The lowest BCUT2D eigenvalue weighted by atomic mass is 10.2. The van der Waals surface area contributed by atoms with Crippen LogP contribution in [0.4, 0.5) is 0 Å². The molecule has 1 aromatic carbocycles. The standard InChI is InChI=1S/C12H12N2O3/c15-10-9(7-14-12(10)17)11(16)13-6-8-4-2-1-3-5-8/h1-5,15H,6-7H2,(H,13,16)(H,14,17). The average molecular weight is 232 g/mol. The molecule has 0 unspecified atom stereocenters. The first-order valence-electron chi connectivity index (χ1n) is 5.21. The molecule has 17 heavy (non-hydrogen) atoms. The minimum atomic E-state index is -0.602. The van der Waals surface area contributed by atoms with Crippen molar-refractivity contribution < 1.29 is 14.7 Å². The van der Waals surface area contributed by atoms with Crippen molar-refractivity contribution in [3.63, 3.8) is 0 Å². The van der Waals surface area contributed by atoms with Gasteiger partial charge in [0.15, 0.2) is 5.76 Å². The monoisotopic (exact) mass is 232 g/mol. The number of carbonyl (C=O) groups is 2. The van der Waals surface area contributed by atoms with E-state index in [0.717, 1.165) is 5.56 Å². The van der Waals surface area contributed by atoms with E-state index in [1.165, 1.54) is 0 Å². The zero-order valence-electron chi connectivity index (χ0n) is 9.06. The fourth-order valence-corrected chi connectivity index (χ4v) is 1.55. The molecular formula is C12H12N2O3.